The van der Waals surface area contributed by atoms with Gasteiger partial charge < -0.3 is 15.2 Å². The summed E-state index contributed by atoms with van der Waals surface area (Å²) in [7, 11) is 0. The van der Waals surface area contributed by atoms with Crippen LogP contribution < -0.4 is 5.32 Å². The van der Waals surface area contributed by atoms with Crippen LogP contribution in [0.1, 0.15) is 34.3 Å². The van der Waals surface area contributed by atoms with Crippen molar-refractivity contribution in [1.82, 2.24) is 5.32 Å². The van der Waals surface area contributed by atoms with Crippen LogP contribution in [0, 0.1) is 24.7 Å². The molecule has 1 amide bonds. The van der Waals surface area contributed by atoms with Crippen LogP contribution in [0.2, 0.25) is 0 Å². The molecule has 0 bridgehead atoms. The van der Waals surface area contributed by atoms with Crippen LogP contribution in [0.5, 0.6) is 0 Å². The molecule has 1 saturated carbocycles. The molecule has 2 N–H and O–H groups in total. The summed E-state index contributed by atoms with van der Waals surface area (Å²) in [6.07, 6.45) is 2.54. The van der Waals surface area contributed by atoms with E-state index in [1.54, 1.807) is 12.1 Å². The number of benzene rings is 1. The molecule has 1 aromatic carbocycles. The molecule has 0 radical (unpaired) electrons. The van der Waals surface area contributed by atoms with Crippen molar-refractivity contribution in [2.45, 2.75) is 19.8 Å². The molecule has 0 unspecified atom stereocenters. The SMILES string of the molecule is Cc1ccc(C(=O)NCCOCC2CC2)cc1C#CCO. The Labute approximate surface area is 125 Å². The lowest BCUT2D eigenvalue weighted by Gasteiger charge is -2.07. The lowest BCUT2D eigenvalue weighted by Crippen LogP contribution is -2.27. The third-order valence-corrected chi connectivity index (χ3v) is 3.38. The van der Waals surface area contributed by atoms with Crippen molar-refractivity contribution in [1.29, 1.82) is 0 Å². The van der Waals surface area contributed by atoms with E-state index in [0.29, 0.717) is 18.7 Å². The first-order chi connectivity index (χ1) is 10.2. The number of aliphatic hydroxyl groups is 1. The zero-order valence-corrected chi connectivity index (χ0v) is 12.3. The van der Waals surface area contributed by atoms with Gasteiger partial charge in [0, 0.05) is 24.3 Å². The van der Waals surface area contributed by atoms with Gasteiger partial charge in [-0.25, -0.2) is 0 Å². The number of carbonyl (C=O) groups excluding carboxylic acids is 1. The molecule has 112 valence electrons. The molecule has 1 aromatic rings. The van der Waals surface area contributed by atoms with Crippen molar-refractivity contribution in [2.24, 2.45) is 5.92 Å². The lowest BCUT2D eigenvalue weighted by molar-refractivity contribution is 0.0906. The summed E-state index contributed by atoms with van der Waals surface area (Å²) in [6.45, 7) is 3.60. The Morgan fingerprint density at radius 1 is 1.48 bits per heavy atom. The minimum atomic E-state index is -0.186. The quantitative estimate of drug-likeness (QED) is 0.616. The van der Waals surface area contributed by atoms with E-state index in [0.717, 1.165) is 23.7 Å². The highest BCUT2D eigenvalue weighted by Gasteiger charge is 2.20. The van der Waals surface area contributed by atoms with Crippen LogP contribution in [0.25, 0.3) is 0 Å². The molecule has 0 aromatic heterocycles. The highest BCUT2D eigenvalue weighted by atomic mass is 16.5. The maximum atomic E-state index is 12.0. The van der Waals surface area contributed by atoms with Gasteiger partial charge in [0.25, 0.3) is 5.91 Å². The Morgan fingerprint density at radius 3 is 3.00 bits per heavy atom. The van der Waals surface area contributed by atoms with Gasteiger partial charge in [-0.2, -0.15) is 0 Å². The van der Waals surface area contributed by atoms with E-state index < -0.39 is 0 Å². The van der Waals surface area contributed by atoms with Gasteiger partial charge in [-0.15, -0.1) is 0 Å². The standard InChI is InChI=1S/C17H21NO3/c1-13-4-7-16(11-15(13)3-2-9-19)17(20)18-8-10-21-12-14-5-6-14/h4,7,11,14,19H,5-6,8-10,12H2,1H3,(H,18,20). The van der Waals surface area contributed by atoms with E-state index in [9.17, 15) is 4.79 Å². The lowest BCUT2D eigenvalue weighted by atomic mass is 10.0. The van der Waals surface area contributed by atoms with Crippen molar-refractivity contribution in [2.75, 3.05) is 26.4 Å². The molecule has 4 heteroatoms. The number of aliphatic hydroxyl groups excluding tert-OH is 1. The van der Waals surface area contributed by atoms with Crippen LogP contribution in [0.3, 0.4) is 0 Å². The number of hydrogen-bond acceptors (Lipinski definition) is 3. The van der Waals surface area contributed by atoms with Gasteiger partial charge in [-0.05, 0) is 43.4 Å². The second kappa shape index (κ2) is 7.82. The number of rotatable bonds is 6. The summed E-state index contributed by atoms with van der Waals surface area (Å²) in [5, 5.41) is 11.6. The molecular weight excluding hydrogens is 266 g/mol. The maximum Gasteiger partial charge on any atom is 0.251 e. The molecule has 1 aliphatic rings. The Balaban J connectivity index is 1.83. The summed E-state index contributed by atoms with van der Waals surface area (Å²) >= 11 is 0. The van der Waals surface area contributed by atoms with E-state index in [1.807, 2.05) is 13.0 Å². The molecular formula is C17H21NO3. The van der Waals surface area contributed by atoms with Crippen molar-refractivity contribution >= 4 is 5.91 Å². The fourth-order valence-corrected chi connectivity index (χ4v) is 1.91. The zero-order valence-electron chi connectivity index (χ0n) is 12.3. The van der Waals surface area contributed by atoms with Crippen LogP contribution in [0.15, 0.2) is 18.2 Å². The predicted octanol–water partition coefficient (Wildman–Crippen LogP) is 1.50. The third kappa shape index (κ3) is 5.22. The monoisotopic (exact) mass is 287 g/mol. The molecule has 21 heavy (non-hydrogen) atoms. The highest BCUT2D eigenvalue weighted by molar-refractivity contribution is 5.94. The number of hydrogen-bond donors (Lipinski definition) is 2. The van der Waals surface area contributed by atoms with E-state index in [2.05, 4.69) is 17.2 Å². The van der Waals surface area contributed by atoms with Crippen molar-refractivity contribution in [3.63, 3.8) is 0 Å². The summed E-state index contributed by atoms with van der Waals surface area (Å²) in [6, 6.07) is 5.39. The van der Waals surface area contributed by atoms with Crippen LogP contribution in [-0.4, -0.2) is 37.4 Å². The summed E-state index contributed by atoms with van der Waals surface area (Å²) < 4.78 is 5.47. The highest BCUT2D eigenvalue weighted by Crippen LogP contribution is 2.28. The number of aryl methyl sites for hydroxylation is 1. The number of amides is 1. The summed E-state index contributed by atoms with van der Waals surface area (Å²) in [4.78, 5) is 12.0. The Bertz CT molecular complexity index is 553. The average Bonchev–Trinajstić information content (AvgIpc) is 3.30. The fourth-order valence-electron chi connectivity index (χ4n) is 1.91. The van der Waals surface area contributed by atoms with E-state index in [4.69, 9.17) is 9.84 Å². The van der Waals surface area contributed by atoms with Crippen LogP contribution in [-0.2, 0) is 4.74 Å². The average molecular weight is 287 g/mol. The number of carbonyl (C=O) groups is 1. The molecule has 0 atom stereocenters. The van der Waals surface area contributed by atoms with Crippen molar-refractivity contribution in [3.8, 4) is 11.8 Å². The number of nitrogens with one attached hydrogen (secondary N) is 1. The topological polar surface area (TPSA) is 58.6 Å². The smallest absolute Gasteiger partial charge is 0.251 e. The Hall–Kier alpha value is -1.83. The maximum absolute atomic E-state index is 12.0. The largest absolute Gasteiger partial charge is 0.384 e. The molecule has 0 aliphatic heterocycles. The second-order valence-corrected chi connectivity index (χ2v) is 5.26. The summed E-state index contributed by atoms with van der Waals surface area (Å²) in [5.41, 5.74) is 2.33. The van der Waals surface area contributed by atoms with Gasteiger partial charge in [-0.1, -0.05) is 17.9 Å². The molecule has 2 rings (SSSR count). The van der Waals surface area contributed by atoms with E-state index in [1.165, 1.54) is 12.8 Å². The van der Waals surface area contributed by atoms with E-state index >= 15 is 0 Å². The van der Waals surface area contributed by atoms with Crippen molar-refractivity contribution in [3.05, 3.63) is 34.9 Å². The van der Waals surface area contributed by atoms with Gasteiger partial charge in [-0.3, -0.25) is 4.79 Å². The van der Waals surface area contributed by atoms with E-state index in [-0.39, 0.29) is 12.5 Å². The fraction of sp³-hybridized carbons (Fsp3) is 0.471. The van der Waals surface area contributed by atoms with Crippen LogP contribution in [0.4, 0.5) is 0 Å². The van der Waals surface area contributed by atoms with Gasteiger partial charge in [0.1, 0.15) is 6.61 Å². The van der Waals surface area contributed by atoms with Gasteiger partial charge >= 0.3 is 0 Å². The Kier molecular flexibility index (Phi) is 5.79. The third-order valence-electron chi connectivity index (χ3n) is 3.38. The molecule has 4 nitrogen and oxygen atoms in total. The normalized spacial score (nSPS) is 13.4. The first-order valence-electron chi connectivity index (χ1n) is 7.27. The molecule has 0 spiro atoms. The molecule has 1 aliphatic carbocycles. The molecule has 0 saturated heterocycles. The molecule has 1 fully saturated rings. The minimum Gasteiger partial charge on any atom is -0.384 e. The Morgan fingerprint density at radius 2 is 2.29 bits per heavy atom. The van der Waals surface area contributed by atoms with Crippen molar-refractivity contribution < 1.29 is 14.6 Å². The first-order valence-corrected chi connectivity index (χ1v) is 7.27. The minimum absolute atomic E-state index is 0.128. The zero-order chi connectivity index (χ0) is 15.1. The number of ether oxygens (including phenoxy) is 1. The van der Waals surface area contributed by atoms with Gasteiger partial charge in [0.05, 0.1) is 6.61 Å². The summed E-state index contributed by atoms with van der Waals surface area (Å²) in [5.74, 6) is 6.06. The van der Waals surface area contributed by atoms with Crippen LogP contribution >= 0.6 is 0 Å². The van der Waals surface area contributed by atoms with Gasteiger partial charge in [0.15, 0.2) is 0 Å². The predicted molar refractivity (Wildman–Crippen MR) is 81.0 cm³/mol. The van der Waals surface area contributed by atoms with Gasteiger partial charge in [0.2, 0.25) is 0 Å². The molecule has 0 heterocycles. The first kappa shape index (κ1) is 15.6. The second-order valence-electron chi connectivity index (χ2n) is 5.26.